The van der Waals surface area contributed by atoms with Crippen molar-refractivity contribution in [2.75, 3.05) is 159 Å². The van der Waals surface area contributed by atoms with Crippen molar-refractivity contribution in [1.29, 1.82) is 0 Å². The number of aliphatic imine (C=N–C) groups is 4. The molecule has 4 aromatic rings. The molecule has 0 spiro atoms. The maximum absolute atomic E-state index is 13.0. The summed E-state index contributed by atoms with van der Waals surface area (Å²) in [5, 5.41) is 74.3. The van der Waals surface area contributed by atoms with Gasteiger partial charge in [0.2, 0.25) is 54.1 Å². The predicted molar refractivity (Wildman–Crippen MR) is 499 cm³/mol. The number of hydrogen-bond donors (Lipinski definition) is 16. The molecule has 0 aliphatic carbocycles. The SMILES string of the molecule is COc1cc(OC)cc(C(CC(=O)O)NC(=O)C2CCN(C(=O)CCCNC3=NCCN3)CC2)c1.Cc1cccc(C(CC(=O)O)NC(=O)C2CCN(C(=O)CCCNC3=NCCN3)CC2)c1.O=C(O)CC(NC(=O)C1CCN(C(=O)CCCNC2=NCCN2)CC1)c1ccc2c(c1)CCO2.O=C(O)CC(NC(=O)C1CCN(C(=O)CCCNC2=NCCN2)CC1)c1ccc2c(c1)OCO2. The van der Waals surface area contributed by atoms with E-state index in [1.54, 1.807) is 41.3 Å². The number of amides is 8. The Morgan fingerprint density at radius 3 is 1.02 bits per heavy atom. The number of aliphatic carboxylic acids is 4. The first-order valence-corrected chi connectivity index (χ1v) is 47.0. The lowest BCUT2D eigenvalue weighted by Crippen LogP contribution is -2.44. The Morgan fingerprint density at radius 1 is 0.385 bits per heavy atom. The number of carbonyl (C=O) groups excluding carboxylic acids is 8. The summed E-state index contributed by atoms with van der Waals surface area (Å²) in [4.78, 5) is 172. The number of fused-ring (bicyclic) bond motifs is 2. The quantitative estimate of drug-likeness (QED) is 0.0285. The lowest BCUT2D eigenvalue weighted by molar-refractivity contribution is -0.139. The fourth-order valence-electron chi connectivity index (χ4n) is 17.4. The Bertz CT molecular complexity index is 4670. The Kier molecular flexibility index (Phi) is 40.0. The van der Waals surface area contributed by atoms with Crippen molar-refractivity contribution in [3.63, 3.8) is 0 Å². The minimum atomic E-state index is -1.03. The van der Waals surface area contributed by atoms with Crippen molar-refractivity contribution in [3.8, 4) is 28.7 Å². The van der Waals surface area contributed by atoms with Crippen molar-refractivity contribution in [2.45, 2.75) is 166 Å². The summed E-state index contributed by atoms with van der Waals surface area (Å²) in [6.45, 7) is 16.2. The number of guanidine groups is 4. The van der Waals surface area contributed by atoms with Gasteiger partial charge in [-0.2, -0.15) is 0 Å². The number of methoxy groups -OCH3 is 2. The van der Waals surface area contributed by atoms with Crippen LogP contribution >= 0.6 is 0 Å². The number of aryl methyl sites for hydroxylation is 1. The highest BCUT2D eigenvalue weighted by Gasteiger charge is 2.36. The number of hydrogen-bond acceptors (Lipinski definition) is 29. The molecule has 4 saturated heterocycles. The fourth-order valence-corrected chi connectivity index (χ4v) is 17.4. The number of ether oxygens (including phenoxy) is 5. The molecule has 41 heteroatoms. The number of carboxylic acid groups (broad SMARTS) is 4. The Labute approximate surface area is 785 Å². The smallest absolute Gasteiger partial charge is 0.305 e. The van der Waals surface area contributed by atoms with E-state index in [2.05, 4.69) is 83.8 Å². The van der Waals surface area contributed by atoms with E-state index in [4.69, 9.17) is 23.7 Å². The molecule has 0 bridgehead atoms. The largest absolute Gasteiger partial charge is 0.497 e. The minimum absolute atomic E-state index is 0.0826. The highest BCUT2D eigenvalue weighted by atomic mass is 16.7. The van der Waals surface area contributed by atoms with Crippen LogP contribution in [0.2, 0.25) is 0 Å². The summed E-state index contributed by atoms with van der Waals surface area (Å²) in [6, 6.07) is 20.8. The Morgan fingerprint density at radius 2 is 0.704 bits per heavy atom. The zero-order chi connectivity index (χ0) is 96.0. The molecule has 135 heavy (non-hydrogen) atoms. The number of nitrogens with one attached hydrogen (secondary N) is 12. The van der Waals surface area contributed by atoms with E-state index < -0.39 is 48.0 Å². The van der Waals surface area contributed by atoms with Gasteiger partial charge in [0.15, 0.2) is 35.3 Å². The summed E-state index contributed by atoms with van der Waals surface area (Å²) < 4.78 is 26.8. The monoisotopic (exact) mass is 1880 g/mol. The van der Waals surface area contributed by atoms with Gasteiger partial charge in [-0.15, -0.1) is 0 Å². The molecule has 734 valence electrons. The first-order chi connectivity index (χ1) is 65.3. The number of benzene rings is 4. The van der Waals surface area contributed by atoms with Gasteiger partial charge in [-0.1, -0.05) is 42.0 Å². The third-order valence-electron chi connectivity index (χ3n) is 24.9. The topological polar surface area (TPSA) is 539 Å². The van der Waals surface area contributed by atoms with Gasteiger partial charge in [-0.3, -0.25) is 77.5 Å². The molecule has 4 fully saturated rings. The first kappa shape index (κ1) is 102. The van der Waals surface area contributed by atoms with E-state index >= 15 is 0 Å². The fraction of sp³-hybridized carbons (Fsp3) is 0.574. The van der Waals surface area contributed by atoms with Crippen LogP contribution < -0.4 is 87.5 Å². The Hall–Kier alpha value is -13.4. The van der Waals surface area contributed by atoms with E-state index in [1.807, 2.05) is 64.1 Å². The van der Waals surface area contributed by atoms with E-state index in [0.717, 1.165) is 123 Å². The standard InChI is InChI=1S/C24H35N5O6.C24H33N5O5.C23H31N5O6.C23H33N5O4/c1-34-18-12-17(13-19(14-18)35-2)20(15-22(31)32)28-23(33)16-5-10-29(11-6-16)21(30)4-3-7-25-24-26-8-9-27-24;30-21(2-1-8-25-24-26-9-10-27-24)29-11-5-16(6-12-29)23(33)28-19(15-22(31)32)17-3-4-20-18(14-17)7-13-34-20;29-20(2-1-7-24-23-25-8-9-26-23)28-10-5-15(6-11-28)22(32)27-17(13-21(30)31)16-3-4-18-19(12-16)34-14-33-18;1-16-4-2-5-18(14-16)19(15-21(30)31)27-22(32)17-7-12-28(13-8-17)20(29)6-3-9-24-23-25-10-11-26-23/h12-14,16,20H,3-11,15H2,1-2H3,(H,28,33)(H,31,32)(H2,25,26,27);3-4,14,16,19H,1-2,5-13,15H2,(H,28,33)(H,31,32)(H2,25,26,27);3-4,12,15,17H,1-2,5-11,13-14H2,(H,27,32)(H,30,31)(H2,24,25,26);2,4-5,14,17,19H,3,6-13,15H2,1H3,(H,27,32)(H,30,31)(H2,24,25,26). The Balaban J connectivity index is 0.000000173. The van der Waals surface area contributed by atoms with E-state index in [1.165, 1.54) is 14.2 Å². The second-order valence-corrected chi connectivity index (χ2v) is 34.6. The summed E-state index contributed by atoms with van der Waals surface area (Å²) in [5.74, 6) is 0.920. The molecule has 41 nitrogen and oxygen atoms in total. The molecule has 0 saturated carbocycles. The van der Waals surface area contributed by atoms with Crippen LogP contribution in [0, 0.1) is 30.6 Å². The number of rotatable bonds is 38. The molecular formula is C94H132N20O21. The van der Waals surface area contributed by atoms with Gasteiger partial charge in [0.25, 0.3) is 0 Å². The normalized spacial score (nSPS) is 17.6. The molecule has 4 unspecified atom stereocenters. The van der Waals surface area contributed by atoms with Gasteiger partial charge in [0.1, 0.15) is 17.2 Å². The van der Waals surface area contributed by atoms with Gasteiger partial charge >= 0.3 is 23.9 Å². The van der Waals surface area contributed by atoms with Gasteiger partial charge < -0.3 is 128 Å². The van der Waals surface area contributed by atoms with Crippen molar-refractivity contribution in [3.05, 3.63) is 112 Å². The number of carboxylic acids is 4. The van der Waals surface area contributed by atoms with Gasteiger partial charge in [-0.25, -0.2) is 0 Å². The van der Waals surface area contributed by atoms with Gasteiger partial charge in [-0.05, 0) is 148 Å². The van der Waals surface area contributed by atoms with Crippen LogP contribution in [0.25, 0.3) is 0 Å². The van der Waals surface area contributed by atoms with Crippen molar-refractivity contribution in [2.24, 2.45) is 43.6 Å². The maximum atomic E-state index is 13.0. The molecule has 16 N–H and O–H groups in total. The van der Waals surface area contributed by atoms with Gasteiger partial charge in [0.05, 0.1) is 96.9 Å². The molecule has 8 amide bonds. The van der Waals surface area contributed by atoms with Gasteiger partial charge in [0, 0.05) is 167 Å². The molecular weight excluding hydrogens is 1750 g/mol. The van der Waals surface area contributed by atoms with Crippen LogP contribution in [0.3, 0.4) is 0 Å². The maximum Gasteiger partial charge on any atom is 0.305 e. The third-order valence-corrected chi connectivity index (χ3v) is 24.9. The summed E-state index contributed by atoms with van der Waals surface area (Å²) in [7, 11) is 3.02. The summed E-state index contributed by atoms with van der Waals surface area (Å²) in [6.07, 6.45) is 9.13. The minimum Gasteiger partial charge on any atom is -0.497 e. The second-order valence-electron chi connectivity index (χ2n) is 34.6. The molecule has 0 radical (unpaired) electrons. The highest BCUT2D eigenvalue weighted by molar-refractivity contribution is 5.87. The van der Waals surface area contributed by atoms with Crippen LogP contribution in [0.4, 0.5) is 0 Å². The molecule has 10 aliphatic rings. The number of nitrogens with zero attached hydrogens (tertiary/aromatic N) is 8. The van der Waals surface area contributed by atoms with Crippen LogP contribution in [0.1, 0.15) is 186 Å². The van der Waals surface area contributed by atoms with Crippen LogP contribution in [0.5, 0.6) is 28.7 Å². The molecule has 10 aliphatic heterocycles. The molecule has 4 aromatic carbocycles. The molecule has 0 aromatic heterocycles. The third kappa shape index (κ3) is 33.0. The van der Waals surface area contributed by atoms with E-state index in [0.29, 0.717) is 209 Å². The van der Waals surface area contributed by atoms with E-state index in [-0.39, 0.29) is 103 Å². The molecule has 14 rings (SSSR count). The van der Waals surface area contributed by atoms with Crippen LogP contribution in [-0.4, -0.2) is 294 Å². The van der Waals surface area contributed by atoms with Crippen LogP contribution in [-0.2, 0) is 64.0 Å². The summed E-state index contributed by atoms with van der Waals surface area (Å²) in [5.41, 5.74) is 4.87. The first-order valence-electron chi connectivity index (χ1n) is 47.0. The number of carbonyl (C=O) groups is 12. The van der Waals surface area contributed by atoms with Crippen LogP contribution in [0.15, 0.2) is 98.8 Å². The predicted octanol–water partition coefficient (Wildman–Crippen LogP) is 3.53. The number of piperidine rings is 4. The zero-order valence-electron chi connectivity index (χ0n) is 77.3. The highest BCUT2D eigenvalue weighted by Crippen LogP contribution is 2.37. The van der Waals surface area contributed by atoms with Crippen molar-refractivity contribution >= 4 is 95.0 Å². The summed E-state index contributed by atoms with van der Waals surface area (Å²) >= 11 is 0. The zero-order valence-corrected chi connectivity index (χ0v) is 77.3. The van der Waals surface area contributed by atoms with Crippen molar-refractivity contribution < 1.29 is 102 Å². The lowest BCUT2D eigenvalue weighted by atomic mass is 9.94. The average molecular weight is 1880 g/mol. The molecule has 4 atom stereocenters. The average Bonchev–Trinajstić information content (AvgIpc) is 1.64. The van der Waals surface area contributed by atoms with Crippen molar-refractivity contribution in [1.82, 2.24) is 83.4 Å². The lowest BCUT2D eigenvalue weighted by Gasteiger charge is -2.32. The van der Waals surface area contributed by atoms with E-state index in [9.17, 15) is 78.0 Å². The second kappa shape index (κ2) is 52.9. The number of likely N-dealkylation sites (tertiary alicyclic amines) is 4. The molecule has 10 heterocycles.